The second kappa shape index (κ2) is 7.73. The Morgan fingerprint density at radius 2 is 1.82 bits per heavy atom. The quantitative estimate of drug-likeness (QED) is 0.559. The van der Waals surface area contributed by atoms with Gasteiger partial charge in [-0.3, -0.25) is 24.1 Å². The maximum atomic E-state index is 13.8. The molecule has 3 aliphatic heterocycles. The van der Waals surface area contributed by atoms with Gasteiger partial charge in [-0.15, -0.1) is 0 Å². The summed E-state index contributed by atoms with van der Waals surface area (Å²) in [6.07, 6.45) is 0.316. The molecule has 0 unspecified atom stereocenters. The number of anilines is 1. The zero-order valence-corrected chi connectivity index (χ0v) is 18.9. The van der Waals surface area contributed by atoms with Crippen molar-refractivity contribution < 1.29 is 28.9 Å². The molecule has 9 heteroatoms. The third kappa shape index (κ3) is 3.07. The highest BCUT2D eigenvalue weighted by Gasteiger charge is 2.74. The minimum Gasteiger partial charge on any atom is -0.370 e. The molecule has 4 amide bonds. The molecule has 1 spiro atoms. The van der Waals surface area contributed by atoms with Crippen LogP contribution in [0.3, 0.4) is 0 Å². The Morgan fingerprint density at radius 1 is 1.12 bits per heavy atom. The molecule has 4 atom stereocenters. The van der Waals surface area contributed by atoms with Crippen LogP contribution in [0, 0.1) is 31.5 Å². The highest BCUT2D eigenvalue weighted by molar-refractivity contribution is 6.14. The molecule has 3 heterocycles. The second-order valence-corrected chi connectivity index (χ2v) is 9.48. The van der Waals surface area contributed by atoms with Gasteiger partial charge in [0.1, 0.15) is 23.7 Å². The lowest BCUT2D eigenvalue weighted by Gasteiger charge is -2.26. The number of nitrogens with one attached hydrogen (secondary N) is 1. The van der Waals surface area contributed by atoms with Crippen molar-refractivity contribution in [3.63, 3.8) is 0 Å². The third-order valence-corrected chi connectivity index (χ3v) is 7.64. The smallest absolute Gasteiger partial charge is 0.291 e. The van der Waals surface area contributed by atoms with Gasteiger partial charge in [-0.2, -0.15) is 0 Å². The number of halogens is 1. The number of aryl methyl sites for hydroxylation is 1. The number of carbonyl (C=O) groups is 4. The molecule has 2 aromatic carbocycles. The van der Waals surface area contributed by atoms with E-state index in [1.54, 1.807) is 5.32 Å². The van der Waals surface area contributed by atoms with Crippen molar-refractivity contribution in [3.05, 3.63) is 64.5 Å². The summed E-state index contributed by atoms with van der Waals surface area (Å²) in [5.41, 5.74) is 7.95. The highest BCUT2D eigenvalue weighted by Crippen LogP contribution is 2.50. The summed E-state index contributed by atoms with van der Waals surface area (Å²) in [7, 11) is 0. The van der Waals surface area contributed by atoms with Crippen LogP contribution in [0.5, 0.6) is 0 Å². The molecule has 3 aliphatic rings. The Hall–Kier alpha value is -3.59. The number of rotatable bonds is 5. The van der Waals surface area contributed by atoms with Gasteiger partial charge in [0.2, 0.25) is 23.3 Å². The Bertz CT molecular complexity index is 1240. The lowest BCUT2D eigenvalue weighted by atomic mass is 9.76. The maximum absolute atomic E-state index is 13.8. The molecule has 34 heavy (non-hydrogen) atoms. The minimum atomic E-state index is -1.30. The van der Waals surface area contributed by atoms with E-state index >= 15 is 0 Å². The second-order valence-electron chi connectivity index (χ2n) is 9.48. The number of imide groups is 1. The summed E-state index contributed by atoms with van der Waals surface area (Å²) in [5.74, 6) is -3.76. The van der Waals surface area contributed by atoms with E-state index in [0.717, 1.165) is 11.1 Å². The van der Waals surface area contributed by atoms with E-state index in [4.69, 9.17) is 5.73 Å². The van der Waals surface area contributed by atoms with E-state index in [9.17, 15) is 23.6 Å². The SMILES string of the molecule is Cc1ccc2c(c1C)NC(=O)[C@@]21[NH2+][C@H](CCC(N)=O)[C@H]2C(=O)N(Cc3ccc(F)cc3)C(=O)[C@H]21. The van der Waals surface area contributed by atoms with Gasteiger partial charge >= 0.3 is 0 Å². The Morgan fingerprint density at radius 3 is 2.50 bits per heavy atom. The number of nitrogens with two attached hydrogens (primary N) is 2. The molecule has 0 aliphatic carbocycles. The maximum Gasteiger partial charge on any atom is 0.291 e. The minimum absolute atomic E-state index is 0.00896. The van der Waals surface area contributed by atoms with Crippen molar-refractivity contribution in [1.29, 1.82) is 0 Å². The number of fused-ring (bicyclic) bond motifs is 4. The van der Waals surface area contributed by atoms with Crippen LogP contribution in [0.1, 0.15) is 35.1 Å². The van der Waals surface area contributed by atoms with Crippen LogP contribution in [0.4, 0.5) is 10.1 Å². The molecule has 8 nitrogen and oxygen atoms in total. The first-order chi connectivity index (χ1) is 16.1. The lowest BCUT2D eigenvalue weighted by molar-refractivity contribution is -0.734. The van der Waals surface area contributed by atoms with Gasteiger partial charge in [0.05, 0.1) is 12.2 Å². The van der Waals surface area contributed by atoms with E-state index in [1.807, 2.05) is 26.0 Å². The number of hydrogen-bond acceptors (Lipinski definition) is 4. The van der Waals surface area contributed by atoms with E-state index in [-0.39, 0.29) is 31.2 Å². The number of amides is 4. The molecule has 2 aromatic rings. The molecule has 0 aromatic heterocycles. The first kappa shape index (κ1) is 22.2. The van der Waals surface area contributed by atoms with Gasteiger partial charge in [0, 0.05) is 18.4 Å². The molecular weight excluding hydrogens is 439 g/mol. The van der Waals surface area contributed by atoms with E-state index in [2.05, 4.69) is 5.32 Å². The van der Waals surface area contributed by atoms with Crippen LogP contribution in [0.25, 0.3) is 0 Å². The Balaban J connectivity index is 1.59. The van der Waals surface area contributed by atoms with Gasteiger partial charge < -0.3 is 16.4 Å². The number of hydrogen-bond donors (Lipinski definition) is 3. The van der Waals surface area contributed by atoms with Gasteiger partial charge in [0.25, 0.3) is 5.91 Å². The summed E-state index contributed by atoms with van der Waals surface area (Å²) in [6, 6.07) is 8.90. The summed E-state index contributed by atoms with van der Waals surface area (Å²) in [5, 5.41) is 4.76. The highest BCUT2D eigenvalue weighted by atomic mass is 19.1. The number of likely N-dealkylation sites (tertiary alicyclic amines) is 1. The Kier molecular flexibility index (Phi) is 5.05. The fourth-order valence-electron chi connectivity index (χ4n) is 5.84. The summed E-state index contributed by atoms with van der Waals surface area (Å²) < 4.78 is 13.4. The number of nitrogens with zero attached hydrogens (tertiary/aromatic N) is 1. The van der Waals surface area contributed by atoms with Crippen LogP contribution in [-0.4, -0.2) is 34.6 Å². The summed E-state index contributed by atoms with van der Waals surface area (Å²) in [6.45, 7) is 3.84. The van der Waals surface area contributed by atoms with Crippen LogP contribution in [0.15, 0.2) is 36.4 Å². The summed E-state index contributed by atoms with van der Waals surface area (Å²) >= 11 is 0. The molecule has 0 saturated carbocycles. The summed E-state index contributed by atoms with van der Waals surface area (Å²) in [4.78, 5) is 53.6. The third-order valence-electron chi connectivity index (χ3n) is 7.64. The molecular formula is C25H26FN4O4+. The standard InChI is InChI=1S/C25H25FN4O4/c1-12-3-8-16-21(13(12)2)28-24(34)25(16)20-19(17(29-25)9-10-18(27)31)22(32)30(23(20)33)11-14-4-6-15(26)7-5-14/h3-8,17,19-20,29H,9-11H2,1-2H3,(H2,27,31)(H,28,34)/p+1/t17-,19-,20+,25-/m1/s1. The zero-order chi connectivity index (χ0) is 24.4. The fraction of sp³-hybridized carbons (Fsp3) is 0.360. The molecule has 0 radical (unpaired) electrons. The monoisotopic (exact) mass is 465 g/mol. The van der Waals surface area contributed by atoms with Crippen molar-refractivity contribution in [1.82, 2.24) is 4.90 Å². The van der Waals surface area contributed by atoms with Crippen molar-refractivity contribution in [2.24, 2.45) is 17.6 Å². The number of quaternary nitrogens is 1. The van der Waals surface area contributed by atoms with Gasteiger partial charge in [-0.1, -0.05) is 18.2 Å². The van der Waals surface area contributed by atoms with E-state index in [1.165, 1.54) is 29.2 Å². The first-order valence-corrected chi connectivity index (χ1v) is 11.3. The van der Waals surface area contributed by atoms with Crippen LogP contribution in [-0.2, 0) is 31.3 Å². The molecule has 5 N–H and O–H groups in total. The van der Waals surface area contributed by atoms with Crippen LogP contribution < -0.4 is 16.4 Å². The first-order valence-electron chi connectivity index (χ1n) is 11.3. The predicted molar refractivity (Wildman–Crippen MR) is 119 cm³/mol. The van der Waals surface area contributed by atoms with Gasteiger partial charge in [0.15, 0.2) is 0 Å². The number of benzene rings is 2. The molecule has 0 bridgehead atoms. The number of primary amides is 1. The average molecular weight is 466 g/mol. The van der Waals surface area contributed by atoms with Gasteiger partial charge in [-0.25, -0.2) is 4.39 Å². The van der Waals surface area contributed by atoms with Crippen LogP contribution >= 0.6 is 0 Å². The molecule has 2 fully saturated rings. The van der Waals surface area contributed by atoms with E-state index in [0.29, 0.717) is 16.8 Å². The molecule has 5 rings (SSSR count). The molecule has 2 saturated heterocycles. The topological polar surface area (TPSA) is 126 Å². The largest absolute Gasteiger partial charge is 0.370 e. The average Bonchev–Trinajstić information content (AvgIpc) is 3.37. The van der Waals surface area contributed by atoms with Crippen molar-refractivity contribution in [3.8, 4) is 0 Å². The Labute approximate surface area is 195 Å². The van der Waals surface area contributed by atoms with Gasteiger partial charge in [-0.05, 0) is 48.7 Å². The molecule has 176 valence electrons. The fourth-order valence-corrected chi connectivity index (χ4v) is 5.84. The van der Waals surface area contributed by atoms with Crippen molar-refractivity contribution >= 4 is 29.3 Å². The lowest BCUT2D eigenvalue weighted by Crippen LogP contribution is -2.99. The van der Waals surface area contributed by atoms with Crippen molar-refractivity contribution in [2.75, 3.05) is 5.32 Å². The number of carbonyl (C=O) groups excluding carboxylic acids is 4. The van der Waals surface area contributed by atoms with Crippen molar-refractivity contribution in [2.45, 2.75) is 44.8 Å². The zero-order valence-electron chi connectivity index (χ0n) is 18.9. The van der Waals surface area contributed by atoms with Crippen LogP contribution in [0.2, 0.25) is 0 Å². The van der Waals surface area contributed by atoms with E-state index < -0.39 is 41.0 Å². The normalized spacial score (nSPS) is 27.3. The predicted octanol–water partition coefficient (Wildman–Crippen LogP) is 0.602.